The lowest BCUT2D eigenvalue weighted by Crippen LogP contribution is -1.93. The molecule has 0 fully saturated rings. The Bertz CT molecular complexity index is 195. The molecule has 0 aliphatic carbocycles. The minimum absolute atomic E-state index is 0.345. The van der Waals surface area contributed by atoms with Gasteiger partial charge in [0.1, 0.15) is 0 Å². The van der Waals surface area contributed by atoms with Crippen molar-refractivity contribution in [3.05, 3.63) is 36.1 Å². The molecule has 0 aliphatic heterocycles. The van der Waals surface area contributed by atoms with E-state index in [4.69, 9.17) is 5.11 Å². The second-order valence-electron chi connectivity index (χ2n) is 2.93. The molecule has 1 unspecified atom stereocenters. The smallest absolute Gasteiger partial charge is 0.0891 e. The average molecular weight is 166 g/mol. The van der Waals surface area contributed by atoms with Crippen LogP contribution in [-0.2, 0) is 0 Å². The van der Waals surface area contributed by atoms with Crippen LogP contribution in [-0.4, -0.2) is 5.11 Å². The van der Waals surface area contributed by atoms with Crippen LogP contribution in [0.3, 0.4) is 0 Å². The fourth-order valence-corrected chi connectivity index (χ4v) is 0.971. The van der Waals surface area contributed by atoms with Gasteiger partial charge in [0.15, 0.2) is 0 Å². The highest BCUT2D eigenvalue weighted by atomic mass is 16.3. The topological polar surface area (TPSA) is 20.2 Å². The largest absolute Gasteiger partial charge is 0.513 e. The maximum Gasteiger partial charge on any atom is 0.0891 e. The summed E-state index contributed by atoms with van der Waals surface area (Å²) in [6, 6.07) is 0. The SMILES string of the molecule is C=CC(C)/C(=C/C=C(\C)O)CC. The Morgan fingerprint density at radius 2 is 2.08 bits per heavy atom. The molecule has 1 atom stereocenters. The first-order valence-corrected chi connectivity index (χ1v) is 4.30. The van der Waals surface area contributed by atoms with Crippen molar-refractivity contribution in [3.8, 4) is 0 Å². The molecule has 0 aromatic heterocycles. The van der Waals surface area contributed by atoms with Crippen molar-refractivity contribution in [1.82, 2.24) is 0 Å². The molecule has 68 valence electrons. The van der Waals surface area contributed by atoms with Gasteiger partial charge in [-0.25, -0.2) is 0 Å². The third-order valence-electron chi connectivity index (χ3n) is 1.89. The lowest BCUT2D eigenvalue weighted by atomic mass is 9.98. The van der Waals surface area contributed by atoms with E-state index in [2.05, 4.69) is 20.4 Å². The number of aliphatic hydroxyl groups excluding tert-OH is 1. The van der Waals surface area contributed by atoms with Gasteiger partial charge in [-0.3, -0.25) is 0 Å². The Hall–Kier alpha value is -0.980. The van der Waals surface area contributed by atoms with Crippen molar-refractivity contribution < 1.29 is 5.11 Å². The fraction of sp³-hybridized carbons (Fsp3) is 0.455. The first-order chi connectivity index (χ1) is 5.61. The van der Waals surface area contributed by atoms with Gasteiger partial charge < -0.3 is 5.11 Å². The molecule has 0 amide bonds. The Morgan fingerprint density at radius 1 is 1.50 bits per heavy atom. The summed E-state index contributed by atoms with van der Waals surface area (Å²) in [6.07, 6.45) is 6.59. The second kappa shape index (κ2) is 5.64. The van der Waals surface area contributed by atoms with Gasteiger partial charge in [-0.2, -0.15) is 0 Å². The van der Waals surface area contributed by atoms with Crippen molar-refractivity contribution in [1.29, 1.82) is 0 Å². The highest BCUT2D eigenvalue weighted by molar-refractivity contribution is 5.18. The Labute approximate surface area is 75.1 Å². The summed E-state index contributed by atoms with van der Waals surface area (Å²) in [4.78, 5) is 0. The van der Waals surface area contributed by atoms with Gasteiger partial charge >= 0.3 is 0 Å². The van der Waals surface area contributed by atoms with Crippen LogP contribution >= 0.6 is 0 Å². The minimum atomic E-state index is 0.345. The second-order valence-corrected chi connectivity index (χ2v) is 2.93. The lowest BCUT2D eigenvalue weighted by Gasteiger charge is -2.07. The molecule has 1 N–H and O–H groups in total. The molecule has 0 aromatic carbocycles. The van der Waals surface area contributed by atoms with Gasteiger partial charge in [-0.1, -0.05) is 31.6 Å². The zero-order valence-corrected chi connectivity index (χ0v) is 8.17. The first-order valence-electron chi connectivity index (χ1n) is 4.30. The quantitative estimate of drug-likeness (QED) is 0.384. The lowest BCUT2D eigenvalue weighted by molar-refractivity contribution is 0.414. The number of hydrogen-bond donors (Lipinski definition) is 1. The molecule has 1 nitrogen and oxygen atoms in total. The van der Waals surface area contributed by atoms with Crippen LogP contribution in [0.2, 0.25) is 0 Å². The van der Waals surface area contributed by atoms with Crippen molar-refractivity contribution in [2.75, 3.05) is 0 Å². The standard InChI is InChI=1S/C11H18O/c1-5-9(3)11(6-2)8-7-10(4)12/h5,7-9,12H,1,6H2,2-4H3/b10-7+,11-8+. The van der Waals surface area contributed by atoms with E-state index in [0.717, 1.165) is 6.42 Å². The van der Waals surface area contributed by atoms with Gasteiger partial charge in [0, 0.05) is 0 Å². The zero-order valence-electron chi connectivity index (χ0n) is 8.17. The summed E-state index contributed by atoms with van der Waals surface area (Å²) < 4.78 is 0. The van der Waals surface area contributed by atoms with Gasteiger partial charge in [0.2, 0.25) is 0 Å². The molecule has 0 rings (SSSR count). The van der Waals surface area contributed by atoms with Crippen molar-refractivity contribution in [2.24, 2.45) is 5.92 Å². The average Bonchev–Trinajstić information content (AvgIpc) is 2.04. The monoisotopic (exact) mass is 166 g/mol. The van der Waals surface area contributed by atoms with Crippen molar-refractivity contribution >= 4 is 0 Å². The summed E-state index contributed by atoms with van der Waals surface area (Å²) in [6.45, 7) is 9.61. The fourth-order valence-electron chi connectivity index (χ4n) is 0.971. The summed E-state index contributed by atoms with van der Waals surface area (Å²) in [5.74, 6) is 0.739. The molecule has 0 saturated carbocycles. The maximum absolute atomic E-state index is 8.94. The molecule has 0 heterocycles. The van der Waals surface area contributed by atoms with Gasteiger partial charge in [-0.15, -0.1) is 6.58 Å². The van der Waals surface area contributed by atoms with E-state index >= 15 is 0 Å². The van der Waals surface area contributed by atoms with Crippen LogP contribution in [0.1, 0.15) is 27.2 Å². The Kier molecular flexibility index (Phi) is 5.18. The molecule has 0 bridgehead atoms. The van der Waals surface area contributed by atoms with Crippen LogP contribution in [0.5, 0.6) is 0 Å². The number of allylic oxidation sites excluding steroid dienone is 5. The van der Waals surface area contributed by atoms with E-state index in [1.165, 1.54) is 5.57 Å². The van der Waals surface area contributed by atoms with Gasteiger partial charge in [-0.05, 0) is 25.3 Å². The predicted molar refractivity (Wildman–Crippen MR) is 54.1 cm³/mol. The highest BCUT2D eigenvalue weighted by Crippen LogP contribution is 2.15. The van der Waals surface area contributed by atoms with Crippen LogP contribution in [0.15, 0.2) is 36.1 Å². The Balaban J connectivity index is 4.43. The molecule has 0 aromatic rings. The van der Waals surface area contributed by atoms with E-state index in [1.54, 1.807) is 13.0 Å². The minimum Gasteiger partial charge on any atom is -0.513 e. The summed E-state index contributed by atoms with van der Waals surface area (Å²) in [5.41, 5.74) is 1.29. The molecule has 0 spiro atoms. The molecule has 0 saturated heterocycles. The summed E-state index contributed by atoms with van der Waals surface area (Å²) in [7, 11) is 0. The van der Waals surface area contributed by atoms with Crippen LogP contribution in [0, 0.1) is 5.92 Å². The van der Waals surface area contributed by atoms with E-state index in [9.17, 15) is 0 Å². The van der Waals surface area contributed by atoms with Gasteiger partial charge in [0.05, 0.1) is 5.76 Å². The molecule has 0 radical (unpaired) electrons. The third kappa shape index (κ3) is 4.02. The molecule has 1 heteroatoms. The molecular formula is C11H18O. The van der Waals surface area contributed by atoms with Crippen LogP contribution in [0.25, 0.3) is 0 Å². The Morgan fingerprint density at radius 3 is 2.42 bits per heavy atom. The molecular weight excluding hydrogens is 148 g/mol. The van der Waals surface area contributed by atoms with Crippen LogP contribution < -0.4 is 0 Å². The number of aliphatic hydroxyl groups is 1. The van der Waals surface area contributed by atoms with E-state index < -0.39 is 0 Å². The van der Waals surface area contributed by atoms with E-state index in [-0.39, 0.29) is 0 Å². The normalized spacial score (nSPS) is 15.9. The van der Waals surface area contributed by atoms with Crippen LogP contribution in [0.4, 0.5) is 0 Å². The third-order valence-corrected chi connectivity index (χ3v) is 1.89. The van der Waals surface area contributed by atoms with E-state index in [0.29, 0.717) is 11.7 Å². The van der Waals surface area contributed by atoms with E-state index in [1.807, 2.05) is 12.2 Å². The predicted octanol–water partition coefficient (Wildman–Crippen LogP) is 3.61. The summed E-state index contributed by atoms with van der Waals surface area (Å²) in [5, 5.41) is 8.94. The first kappa shape index (κ1) is 11.0. The molecule has 0 aliphatic rings. The van der Waals surface area contributed by atoms with Crippen molar-refractivity contribution in [3.63, 3.8) is 0 Å². The summed E-state index contributed by atoms with van der Waals surface area (Å²) >= 11 is 0. The maximum atomic E-state index is 8.94. The number of rotatable bonds is 4. The van der Waals surface area contributed by atoms with Crippen molar-refractivity contribution in [2.45, 2.75) is 27.2 Å². The zero-order chi connectivity index (χ0) is 9.56. The van der Waals surface area contributed by atoms with Gasteiger partial charge in [0.25, 0.3) is 0 Å². The number of hydrogen-bond acceptors (Lipinski definition) is 1. The highest BCUT2D eigenvalue weighted by Gasteiger charge is 1.99. The molecule has 12 heavy (non-hydrogen) atoms.